The number of anilines is 1. The molecule has 4 heteroatoms. The zero-order valence-electron chi connectivity index (χ0n) is 17.3. The quantitative estimate of drug-likeness (QED) is 0.600. The molecule has 3 aromatic rings. The van der Waals surface area contributed by atoms with Crippen molar-refractivity contribution in [2.45, 2.75) is 33.2 Å². The van der Waals surface area contributed by atoms with E-state index in [2.05, 4.69) is 57.2 Å². The maximum Gasteiger partial charge on any atom is 0.248 e. The van der Waals surface area contributed by atoms with E-state index in [1.165, 1.54) is 22.3 Å². The summed E-state index contributed by atoms with van der Waals surface area (Å²) in [5, 5.41) is 0. The predicted molar refractivity (Wildman–Crippen MR) is 124 cm³/mol. The summed E-state index contributed by atoms with van der Waals surface area (Å²) in [6.07, 6.45) is 0.780. The summed E-state index contributed by atoms with van der Waals surface area (Å²) < 4.78 is 0. The van der Waals surface area contributed by atoms with Gasteiger partial charge < -0.3 is 10.6 Å². The summed E-state index contributed by atoms with van der Waals surface area (Å²) in [4.78, 5) is 15.2. The van der Waals surface area contributed by atoms with Gasteiger partial charge >= 0.3 is 0 Å². The topological polar surface area (TPSA) is 46.3 Å². The molecule has 0 saturated carbocycles. The van der Waals surface area contributed by atoms with Crippen LogP contribution in [0.1, 0.15) is 33.9 Å². The summed E-state index contributed by atoms with van der Waals surface area (Å²) in [6, 6.07) is 23.4. The first-order valence-corrected chi connectivity index (χ1v) is 9.70. The van der Waals surface area contributed by atoms with Gasteiger partial charge in [0.15, 0.2) is 0 Å². The Labute approximate surface area is 180 Å². The Morgan fingerprint density at radius 3 is 2.28 bits per heavy atom. The van der Waals surface area contributed by atoms with Gasteiger partial charge in [-0.25, -0.2) is 0 Å². The number of halogens is 1. The number of hydrogen-bond donors (Lipinski definition) is 1. The average Bonchev–Trinajstić information content (AvgIpc) is 2.70. The van der Waals surface area contributed by atoms with Crippen LogP contribution in [0.3, 0.4) is 0 Å². The molecular formula is C25H29ClN2O. The number of amides is 1. The molecule has 1 atom stereocenters. The van der Waals surface area contributed by atoms with E-state index in [0.29, 0.717) is 6.54 Å². The molecule has 3 rings (SSSR count). The van der Waals surface area contributed by atoms with Crippen LogP contribution in [-0.2, 0) is 11.2 Å². The summed E-state index contributed by atoms with van der Waals surface area (Å²) in [6.45, 7) is 6.82. The second-order valence-electron chi connectivity index (χ2n) is 7.39. The SMILES string of the molecule is Cc1cccc(CCN(C(=O)C(N)c2ccccc2)c2ccc(C)c(C)c2)c1.Cl. The van der Waals surface area contributed by atoms with Crippen LogP contribution in [0, 0.1) is 20.8 Å². The summed E-state index contributed by atoms with van der Waals surface area (Å²) in [5.41, 5.74) is 12.9. The van der Waals surface area contributed by atoms with Crippen molar-refractivity contribution in [3.8, 4) is 0 Å². The Morgan fingerprint density at radius 1 is 0.897 bits per heavy atom. The van der Waals surface area contributed by atoms with Crippen molar-refractivity contribution in [3.63, 3.8) is 0 Å². The Kier molecular flexibility index (Phi) is 8.00. The Morgan fingerprint density at radius 2 is 1.62 bits per heavy atom. The van der Waals surface area contributed by atoms with E-state index < -0.39 is 6.04 Å². The van der Waals surface area contributed by atoms with Crippen molar-refractivity contribution >= 4 is 24.0 Å². The number of hydrogen-bond acceptors (Lipinski definition) is 2. The first kappa shape index (κ1) is 22.7. The monoisotopic (exact) mass is 408 g/mol. The van der Waals surface area contributed by atoms with Crippen molar-refractivity contribution in [2.75, 3.05) is 11.4 Å². The maximum absolute atomic E-state index is 13.3. The van der Waals surface area contributed by atoms with E-state index >= 15 is 0 Å². The molecule has 0 saturated heterocycles. The lowest BCUT2D eigenvalue weighted by molar-refractivity contribution is -0.120. The highest BCUT2D eigenvalue weighted by Crippen LogP contribution is 2.23. The van der Waals surface area contributed by atoms with Crippen LogP contribution in [0.15, 0.2) is 72.8 Å². The zero-order chi connectivity index (χ0) is 20.1. The smallest absolute Gasteiger partial charge is 0.248 e. The van der Waals surface area contributed by atoms with Crippen LogP contribution >= 0.6 is 12.4 Å². The fourth-order valence-corrected chi connectivity index (χ4v) is 3.34. The van der Waals surface area contributed by atoms with Gasteiger partial charge in [0.05, 0.1) is 0 Å². The summed E-state index contributed by atoms with van der Waals surface area (Å²) in [5.74, 6) is -0.0814. The molecule has 0 radical (unpaired) electrons. The van der Waals surface area contributed by atoms with E-state index in [-0.39, 0.29) is 18.3 Å². The molecule has 0 aliphatic rings. The van der Waals surface area contributed by atoms with Gasteiger partial charge in [-0.3, -0.25) is 4.79 Å². The van der Waals surface area contributed by atoms with Gasteiger partial charge in [-0.1, -0.05) is 66.2 Å². The highest BCUT2D eigenvalue weighted by atomic mass is 35.5. The number of rotatable bonds is 6. The summed E-state index contributed by atoms with van der Waals surface area (Å²) >= 11 is 0. The van der Waals surface area contributed by atoms with Crippen LogP contribution in [0.5, 0.6) is 0 Å². The highest BCUT2D eigenvalue weighted by Gasteiger charge is 2.24. The fraction of sp³-hybridized carbons (Fsp3) is 0.240. The second kappa shape index (κ2) is 10.2. The minimum absolute atomic E-state index is 0. The minimum atomic E-state index is -0.680. The Hall–Kier alpha value is -2.62. The third-order valence-electron chi connectivity index (χ3n) is 5.20. The number of nitrogens with zero attached hydrogens (tertiary/aromatic N) is 1. The number of carbonyl (C=O) groups is 1. The molecule has 0 aliphatic carbocycles. The number of aryl methyl sites for hydroxylation is 3. The highest BCUT2D eigenvalue weighted by molar-refractivity contribution is 5.97. The second-order valence-corrected chi connectivity index (χ2v) is 7.39. The first-order valence-electron chi connectivity index (χ1n) is 9.70. The van der Waals surface area contributed by atoms with E-state index in [9.17, 15) is 4.79 Å². The molecular weight excluding hydrogens is 380 g/mol. The van der Waals surface area contributed by atoms with Crippen LogP contribution in [-0.4, -0.2) is 12.5 Å². The van der Waals surface area contributed by atoms with Crippen molar-refractivity contribution < 1.29 is 4.79 Å². The minimum Gasteiger partial charge on any atom is -0.316 e. The standard InChI is InChI=1S/C25H28N2O.ClH/c1-18-8-7-9-21(16-18)14-15-27(23-13-12-19(2)20(3)17-23)25(28)24(26)22-10-5-4-6-11-22;/h4-13,16-17,24H,14-15,26H2,1-3H3;1H. The van der Waals surface area contributed by atoms with Crippen LogP contribution in [0.2, 0.25) is 0 Å². The van der Waals surface area contributed by atoms with Crippen LogP contribution in [0.4, 0.5) is 5.69 Å². The first-order chi connectivity index (χ1) is 13.5. The lowest BCUT2D eigenvalue weighted by Gasteiger charge is -2.27. The maximum atomic E-state index is 13.3. The summed E-state index contributed by atoms with van der Waals surface area (Å²) in [7, 11) is 0. The van der Waals surface area contributed by atoms with E-state index in [1.54, 1.807) is 0 Å². The van der Waals surface area contributed by atoms with Crippen molar-refractivity contribution in [3.05, 3.63) is 101 Å². The van der Waals surface area contributed by atoms with Crippen molar-refractivity contribution in [1.82, 2.24) is 0 Å². The molecule has 0 aliphatic heterocycles. The average molecular weight is 409 g/mol. The number of carbonyl (C=O) groups excluding carboxylic acids is 1. The molecule has 152 valence electrons. The number of benzene rings is 3. The molecule has 1 unspecified atom stereocenters. The van der Waals surface area contributed by atoms with Gasteiger partial charge in [-0.2, -0.15) is 0 Å². The van der Waals surface area contributed by atoms with E-state index in [0.717, 1.165) is 17.7 Å². The van der Waals surface area contributed by atoms with Crippen LogP contribution < -0.4 is 10.6 Å². The van der Waals surface area contributed by atoms with E-state index in [1.807, 2.05) is 41.3 Å². The van der Waals surface area contributed by atoms with Crippen molar-refractivity contribution in [2.24, 2.45) is 5.73 Å². The Balaban J connectivity index is 0.00000300. The molecule has 29 heavy (non-hydrogen) atoms. The zero-order valence-corrected chi connectivity index (χ0v) is 18.1. The van der Waals surface area contributed by atoms with Gasteiger partial charge in [0.25, 0.3) is 0 Å². The fourth-order valence-electron chi connectivity index (χ4n) is 3.34. The third kappa shape index (κ3) is 5.69. The lowest BCUT2D eigenvalue weighted by Crippen LogP contribution is -2.40. The molecule has 0 heterocycles. The molecule has 1 amide bonds. The van der Waals surface area contributed by atoms with E-state index in [4.69, 9.17) is 5.73 Å². The number of nitrogens with two attached hydrogens (primary N) is 1. The van der Waals surface area contributed by atoms with Gasteiger partial charge in [0.1, 0.15) is 6.04 Å². The molecule has 0 fully saturated rings. The third-order valence-corrected chi connectivity index (χ3v) is 5.20. The van der Waals surface area contributed by atoms with Gasteiger partial charge in [-0.15, -0.1) is 12.4 Å². The molecule has 0 bridgehead atoms. The molecule has 0 aromatic heterocycles. The van der Waals surface area contributed by atoms with Crippen molar-refractivity contribution in [1.29, 1.82) is 0 Å². The van der Waals surface area contributed by atoms with Gasteiger partial charge in [-0.05, 0) is 61.6 Å². The molecule has 0 spiro atoms. The molecule has 3 nitrogen and oxygen atoms in total. The predicted octanol–water partition coefficient (Wildman–Crippen LogP) is 5.31. The molecule has 3 aromatic carbocycles. The van der Waals surface area contributed by atoms with Gasteiger partial charge in [0.2, 0.25) is 5.91 Å². The normalized spacial score (nSPS) is 11.4. The largest absolute Gasteiger partial charge is 0.316 e. The van der Waals surface area contributed by atoms with Gasteiger partial charge in [0, 0.05) is 12.2 Å². The Bertz CT molecular complexity index is 956. The van der Waals surface area contributed by atoms with Crippen LogP contribution in [0.25, 0.3) is 0 Å². The lowest BCUT2D eigenvalue weighted by atomic mass is 10.0. The molecule has 2 N–H and O–H groups in total.